The summed E-state index contributed by atoms with van der Waals surface area (Å²) in [7, 11) is 1.41. The van der Waals surface area contributed by atoms with Crippen molar-refractivity contribution in [3.8, 4) is 17.0 Å². The number of aromatic carboxylic acids is 1. The van der Waals surface area contributed by atoms with Crippen LogP contribution in [0.4, 0.5) is 0 Å². The van der Waals surface area contributed by atoms with E-state index in [9.17, 15) is 9.90 Å². The lowest BCUT2D eigenvalue weighted by Crippen LogP contribution is -2.02. The van der Waals surface area contributed by atoms with Crippen molar-refractivity contribution in [1.82, 2.24) is 4.98 Å². The van der Waals surface area contributed by atoms with Crippen LogP contribution >= 0.6 is 0 Å². The number of hydrogen-bond acceptors (Lipinski definition) is 3. The van der Waals surface area contributed by atoms with Gasteiger partial charge in [0.05, 0.1) is 7.11 Å². The van der Waals surface area contributed by atoms with Crippen LogP contribution in [0.25, 0.3) is 21.9 Å². The molecule has 1 N–H and O–H groups in total. The average Bonchev–Trinajstić information content (AvgIpc) is 2.53. The monoisotopic (exact) mass is 279 g/mol. The molecule has 1 heterocycles. The van der Waals surface area contributed by atoms with E-state index >= 15 is 0 Å². The van der Waals surface area contributed by atoms with Crippen molar-refractivity contribution in [1.29, 1.82) is 0 Å². The third kappa shape index (κ3) is 2.43. The summed E-state index contributed by atoms with van der Waals surface area (Å²) >= 11 is 0. The van der Waals surface area contributed by atoms with Gasteiger partial charge in [-0.1, -0.05) is 36.4 Å². The van der Waals surface area contributed by atoms with E-state index in [1.807, 2.05) is 42.5 Å². The molecule has 0 spiro atoms. The fourth-order valence-corrected chi connectivity index (χ4v) is 2.29. The van der Waals surface area contributed by atoms with Crippen molar-refractivity contribution in [2.75, 3.05) is 7.11 Å². The number of nitrogens with zero attached hydrogens (tertiary/aromatic N) is 1. The minimum atomic E-state index is -1.05. The maximum atomic E-state index is 11.3. The van der Waals surface area contributed by atoms with E-state index in [2.05, 4.69) is 4.98 Å². The van der Waals surface area contributed by atoms with Crippen LogP contribution in [-0.2, 0) is 0 Å². The molecule has 3 rings (SSSR count). The van der Waals surface area contributed by atoms with Gasteiger partial charge in [0.1, 0.15) is 5.56 Å². The zero-order valence-corrected chi connectivity index (χ0v) is 11.4. The van der Waals surface area contributed by atoms with Crippen molar-refractivity contribution in [3.05, 3.63) is 60.3 Å². The molecule has 0 saturated carbocycles. The maximum Gasteiger partial charge on any atom is 0.341 e. The van der Waals surface area contributed by atoms with Gasteiger partial charge in [-0.2, -0.15) is 0 Å². The van der Waals surface area contributed by atoms with E-state index in [1.165, 1.54) is 7.11 Å². The quantitative estimate of drug-likeness (QED) is 0.795. The molecule has 0 bridgehead atoms. The number of fused-ring (bicyclic) bond motifs is 1. The minimum Gasteiger partial charge on any atom is -0.480 e. The van der Waals surface area contributed by atoms with E-state index < -0.39 is 5.97 Å². The van der Waals surface area contributed by atoms with Gasteiger partial charge in [0.2, 0.25) is 5.88 Å². The van der Waals surface area contributed by atoms with Crippen LogP contribution in [0.1, 0.15) is 10.4 Å². The smallest absolute Gasteiger partial charge is 0.341 e. The summed E-state index contributed by atoms with van der Waals surface area (Å²) in [6.07, 6.45) is 1.62. The molecule has 21 heavy (non-hydrogen) atoms. The van der Waals surface area contributed by atoms with Crippen molar-refractivity contribution in [2.45, 2.75) is 0 Å². The number of hydrogen-bond donors (Lipinski definition) is 1. The van der Waals surface area contributed by atoms with Crippen molar-refractivity contribution in [2.24, 2.45) is 0 Å². The molecule has 3 aromatic rings. The molecule has 0 atom stereocenters. The lowest BCUT2D eigenvalue weighted by atomic mass is 10.0. The predicted molar refractivity (Wildman–Crippen MR) is 80.7 cm³/mol. The van der Waals surface area contributed by atoms with Crippen LogP contribution < -0.4 is 4.74 Å². The van der Waals surface area contributed by atoms with Crippen LogP contribution in [0.2, 0.25) is 0 Å². The minimum absolute atomic E-state index is 0.0585. The van der Waals surface area contributed by atoms with E-state index in [0.717, 1.165) is 21.9 Å². The number of carbonyl (C=O) groups is 1. The second-order valence-electron chi connectivity index (χ2n) is 4.65. The van der Waals surface area contributed by atoms with Crippen molar-refractivity contribution < 1.29 is 14.6 Å². The van der Waals surface area contributed by atoms with Gasteiger partial charge in [0.25, 0.3) is 0 Å². The highest BCUT2D eigenvalue weighted by atomic mass is 16.5. The fraction of sp³-hybridized carbons (Fsp3) is 0.0588. The summed E-state index contributed by atoms with van der Waals surface area (Å²) in [5.74, 6) is -0.936. The number of methoxy groups -OCH3 is 1. The second-order valence-corrected chi connectivity index (χ2v) is 4.65. The van der Waals surface area contributed by atoms with Crippen molar-refractivity contribution in [3.63, 3.8) is 0 Å². The van der Waals surface area contributed by atoms with E-state index in [1.54, 1.807) is 12.3 Å². The number of rotatable bonds is 3. The molecule has 0 fully saturated rings. The number of carboxylic acid groups (broad SMARTS) is 1. The first-order chi connectivity index (χ1) is 10.2. The van der Waals surface area contributed by atoms with Crippen molar-refractivity contribution >= 4 is 16.7 Å². The summed E-state index contributed by atoms with van der Waals surface area (Å²) in [4.78, 5) is 15.3. The Hall–Kier alpha value is -2.88. The molecule has 0 saturated heterocycles. The lowest BCUT2D eigenvalue weighted by molar-refractivity contribution is 0.0692. The Bertz CT molecular complexity index is 827. The Kier molecular flexibility index (Phi) is 3.28. The van der Waals surface area contributed by atoms with Crippen LogP contribution in [0.3, 0.4) is 0 Å². The molecule has 0 aliphatic rings. The summed E-state index contributed by atoms with van der Waals surface area (Å²) in [6.45, 7) is 0. The van der Waals surface area contributed by atoms with Gasteiger partial charge in [-0.15, -0.1) is 0 Å². The van der Waals surface area contributed by atoms with E-state index in [0.29, 0.717) is 0 Å². The SMILES string of the molecule is COc1ncc(-c2ccc3ccccc3c2)cc1C(=O)O. The Balaban J connectivity index is 2.13. The number of ether oxygens (including phenoxy) is 1. The third-order valence-electron chi connectivity index (χ3n) is 3.36. The Morgan fingerprint density at radius 1 is 1.05 bits per heavy atom. The zero-order chi connectivity index (χ0) is 14.8. The summed E-state index contributed by atoms with van der Waals surface area (Å²) < 4.78 is 4.98. The molecule has 0 radical (unpaired) electrons. The maximum absolute atomic E-state index is 11.3. The van der Waals surface area contributed by atoms with E-state index in [-0.39, 0.29) is 11.4 Å². The first-order valence-electron chi connectivity index (χ1n) is 6.45. The normalized spacial score (nSPS) is 10.5. The second kappa shape index (κ2) is 5.25. The molecule has 4 heteroatoms. The molecule has 0 aliphatic heterocycles. The van der Waals surface area contributed by atoms with Gasteiger partial charge in [-0.3, -0.25) is 0 Å². The molecule has 104 valence electrons. The zero-order valence-electron chi connectivity index (χ0n) is 11.4. The summed E-state index contributed by atoms with van der Waals surface area (Å²) in [5, 5.41) is 11.5. The topological polar surface area (TPSA) is 59.4 Å². The number of pyridine rings is 1. The van der Waals surface area contributed by atoms with E-state index in [4.69, 9.17) is 4.74 Å². The molecule has 0 amide bonds. The number of aromatic nitrogens is 1. The summed E-state index contributed by atoms with van der Waals surface area (Å²) in [6, 6.07) is 15.6. The molecular formula is C17H13NO3. The molecule has 4 nitrogen and oxygen atoms in total. The van der Waals surface area contributed by atoms with Gasteiger partial charge in [0.15, 0.2) is 0 Å². The van der Waals surface area contributed by atoms with Gasteiger partial charge in [-0.25, -0.2) is 9.78 Å². The average molecular weight is 279 g/mol. The highest BCUT2D eigenvalue weighted by molar-refractivity contribution is 5.93. The number of carboxylic acids is 1. The predicted octanol–water partition coefficient (Wildman–Crippen LogP) is 3.61. The standard InChI is InChI=1S/C17H13NO3/c1-21-16-15(17(19)20)9-14(10-18-16)13-7-6-11-4-2-3-5-12(11)8-13/h2-10H,1H3,(H,19,20). The van der Waals surface area contributed by atoms with Crippen LogP contribution in [0.15, 0.2) is 54.7 Å². The first kappa shape index (κ1) is 13.1. The van der Waals surface area contributed by atoms with Gasteiger partial charge < -0.3 is 9.84 Å². The Morgan fingerprint density at radius 2 is 1.81 bits per heavy atom. The first-order valence-corrected chi connectivity index (χ1v) is 6.45. The highest BCUT2D eigenvalue weighted by Gasteiger charge is 2.14. The highest BCUT2D eigenvalue weighted by Crippen LogP contribution is 2.27. The molecular weight excluding hydrogens is 266 g/mol. The molecule has 0 unspecified atom stereocenters. The van der Waals surface area contributed by atoms with Crippen LogP contribution in [-0.4, -0.2) is 23.2 Å². The lowest BCUT2D eigenvalue weighted by Gasteiger charge is -2.08. The summed E-state index contributed by atoms with van der Waals surface area (Å²) in [5.41, 5.74) is 1.73. The molecule has 0 aliphatic carbocycles. The number of benzene rings is 2. The fourth-order valence-electron chi connectivity index (χ4n) is 2.29. The largest absolute Gasteiger partial charge is 0.480 e. The Labute approximate surface area is 121 Å². The van der Waals surface area contributed by atoms with Crippen LogP contribution in [0, 0.1) is 0 Å². The molecule has 1 aromatic heterocycles. The molecule has 2 aromatic carbocycles. The third-order valence-corrected chi connectivity index (χ3v) is 3.36. The van der Waals surface area contributed by atoms with Crippen LogP contribution in [0.5, 0.6) is 5.88 Å². The van der Waals surface area contributed by atoms with Gasteiger partial charge in [0, 0.05) is 11.8 Å². The van der Waals surface area contributed by atoms with Gasteiger partial charge >= 0.3 is 5.97 Å². The Morgan fingerprint density at radius 3 is 2.52 bits per heavy atom. The van der Waals surface area contributed by atoms with Gasteiger partial charge in [-0.05, 0) is 28.5 Å².